The van der Waals surface area contributed by atoms with Crippen LogP contribution in [0, 0.1) is 13.8 Å². The van der Waals surface area contributed by atoms with E-state index in [9.17, 15) is 0 Å². The molecular formula is C17H26N4. The van der Waals surface area contributed by atoms with Crippen molar-refractivity contribution in [2.24, 2.45) is 12.8 Å². The number of aromatic nitrogens is 2. The number of nitrogens with two attached hydrogens (primary N) is 1. The Balaban J connectivity index is 2.40. The molecule has 114 valence electrons. The molecule has 1 aromatic carbocycles. The molecule has 0 fully saturated rings. The molecule has 0 radical (unpaired) electrons. The average Bonchev–Trinajstić information content (AvgIpc) is 2.73. The highest BCUT2D eigenvalue weighted by Crippen LogP contribution is 2.29. The third-order valence-corrected chi connectivity index (χ3v) is 4.04. The van der Waals surface area contributed by atoms with Crippen molar-refractivity contribution >= 4 is 11.5 Å². The van der Waals surface area contributed by atoms with E-state index in [-0.39, 0.29) is 6.04 Å². The van der Waals surface area contributed by atoms with Gasteiger partial charge in [-0.1, -0.05) is 24.6 Å². The number of rotatable bonds is 5. The first-order valence-corrected chi connectivity index (χ1v) is 7.52. The lowest BCUT2D eigenvalue weighted by Gasteiger charge is -2.22. The minimum Gasteiger partial charge on any atom is -0.329 e. The Morgan fingerprint density at radius 2 is 1.86 bits per heavy atom. The summed E-state index contributed by atoms with van der Waals surface area (Å²) in [7, 11) is 4.08. The largest absolute Gasteiger partial charge is 0.329 e. The zero-order chi connectivity index (χ0) is 15.6. The third-order valence-electron chi connectivity index (χ3n) is 4.04. The minimum absolute atomic E-state index is 0.179. The molecule has 0 spiro atoms. The molecule has 1 heterocycles. The Bertz CT molecular complexity index is 598. The van der Waals surface area contributed by atoms with E-state index in [1.807, 2.05) is 11.7 Å². The summed E-state index contributed by atoms with van der Waals surface area (Å²) in [5.41, 5.74) is 10.9. The maximum atomic E-state index is 6.16. The summed E-state index contributed by atoms with van der Waals surface area (Å²) < 4.78 is 1.95. The molecule has 0 amide bonds. The molecule has 4 heteroatoms. The van der Waals surface area contributed by atoms with Crippen molar-refractivity contribution in [2.45, 2.75) is 39.7 Å². The summed E-state index contributed by atoms with van der Waals surface area (Å²) in [6.45, 7) is 6.29. The summed E-state index contributed by atoms with van der Waals surface area (Å²) in [5.74, 6) is 1.13. The van der Waals surface area contributed by atoms with Gasteiger partial charge in [-0.15, -0.1) is 0 Å². The van der Waals surface area contributed by atoms with Crippen molar-refractivity contribution in [3.63, 3.8) is 0 Å². The summed E-state index contributed by atoms with van der Waals surface area (Å²) >= 11 is 0. The first kappa shape index (κ1) is 15.6. The molecule has 0 saturated carbocycles. The highest BCUT2D eigenvalue weighted by atomic mass is 15.4. The van der Waals surface area contributed by atoms with Crippen LogP contribution in [0.4, 0.5) is 11.5 Å². The van der Waals surface area contributed by atoms with Gasteiger partial charge in [0, 0.05) is 31.4 Å². The average molecular weight is 286 g/mol. The fourth-order valence-electron chi connectivity index (χ4n) is 2.65. The van der Waals surface area contributed by atoms with E-state index in [1.54, 1.807) is 0 Å². The van der Waals surface area contributed by atoms with Crippen LogP contribution in [0.5, 0.6) is 0 Å². The van der Waals surface area contributed by atoms with Crippen LogP contribution in [0.2, 0.25) is 0 Å². The molecule has 2 N–H and O–H groups in total. The topological polar surface area (TPSA) is 47.1 Å². The molecule has 0 saturated heterocycles. The van der Waals surface area contributed by atoms with Crippen LogP contribution in [0.1, 0.15) is 30.2 Å². The van der Waals surface area contributed by atoms with Crippen LogP contribution in [0.15, 0.2) is 24.3 Å². The Morgan fingerprint density at radius 1 is 1.24 bits per heavy atom. The van der Waals surface area contributed by atoms with Crippen LogP contribution < -0.4 is 10.6 Å². The highest BCUT2D eigenvalue weighted by Gasteiger charge is 2.19. The molecule has 21 heavy (non-hydrogen) atoms. The number of hydrogen-bond acceptors (Lipinski definition) is 3. The first-order chi connectivity index (χ1) is 9.93. The summed E-state index contributed by atoms with van der Waals surface area (Å²) in [6, 6.07) is 8.72. The normalized spacial score (nSPS) is 12.5. The van der Waals surface area contributed by atoms with Crippen molar-refractivity contribution in [1.82, 2.24) is 9.78 Å². The van der Waals surface area contributed by atoms with Gasteiger partial charge in [0.15, 0.2) is 0 Å². The Kier molecular flexibility index (Phi) is 4.68. The lowest BCUT2D eigenvalue weighted by Crippen LogP contribution is -2.23. The van der Waals surface area contributed by atoms with Crippen molar-refractivity contribution in [2.75, 3.05) is 11.9 Å². The third kappa shape index (κ3) is 3.27. The quantitative estimate of drug-likeness (QED) is 0.919. The van der Waals surface area contributed by atoms with Crippen molar-refractivity contribution in [1.29, 1.82) is 0 Å². The summed E-state index contributed by atoms with van der Waals surface area (Å²) in [4.78, 5) is 2.19. The van der Waals surface area contributed by atoms with Crippen LogP contribution in [-0.2, 0) is 13.5 Å². The number of aryl methyl sites for hydroxylation is 3. The van der Waals surface area contributed by atoms with Gasteiger partial charge < -0.3 is 10.6 Å². The maximum absolute atomic E-state index is 6.16. The number of anilines is 2. The van der Waals surface area contributed by atoms with E-state index in [0.717, 1.165) is 30.0 Å². The molecule has 1 unspecified atom stereocenters. The van der Waals surface area contributed by atoms with Crippen molar-refractivity contribution < 1.29 is 0 Å². The molecule has 4 nitrogen and oxygen atoms in total. The van der Waals surface area contributed by atoms with Crippen LogP contribution in [-0.4, -0.2) is 22.9 Å². The van der Waals surface area contributed by atoms with Crippen LogP contribution >= 0.6 is 0 Å². The highest BCUT2D eigenvalue weighted by molar-refractivity contribution is 5.63. The Labute approximate surface area is 127 Å². The molecule has 2 rings (SSSR count). The van der Waals surface area contributed by atoms with E-state index in [0.29, 0.717) is 0 Å². The van der Waals surface area contributed by atoms with Gasteiger partial charge in [-0.3, -0.25) is 4.68 Å². The van der Waals surface area contributed by atoms with Gasteiger partial charge in [0.1, 0.15) is 5.82 Å². The Morgan fingerprint density at radius 3 is 2.43 bits per heavy atom. The van der Waals surface area contributed by atoms with Gasteiger partial charge in [-0.25, -0.2) is 0 Å². The van der Waals surface area contributed by atoms with Gasteiger partial charge in [0.05, 0.1) is 5.69 Å². The summed E-state index contributed by atoms with van der Waals surface area (Å²) in [6.07, 6.45) is 1.84. The molecule has 0 aliphatic rings. The summed E-state index contributed by atoms with van der Waals surface area (Å²) in [5, 5.41) is 4.58. The fourth-order valence-corrected chi connectivity index (χ4v) is 2.65. The second-order valence-corrected chi connectivity index (χ2v) is 5.78. The van der Waals surface area contributed by atoms with E-state index >= 15 is 0 Å². The van der Waals surface area contributed by atoms with Crippen LogP contribution in [0.25, 0.3) is 0 Å². The van der Waals surface area contributed by atoms with E-state index < -0.39 is 0 Å². The van der Waals surface area contributed by atoms with Crippen molar-refractivity contribution in [3.05, 3.63) is 41.1 Å². The van der Waals surface area contributed by atoms with E-state index in [2.05, 4.69) is 62.1 Å². The van der Waals surface area contributed by atoms with Gasteiger partial charge in [0.2, 0.25) is 0 Å². The van der Waals surface area contributed by atoms with Gasteiger partial charge in [0.25, 0.3) is 0 Å². The Hall–Kier alpha value is -1.81. The lowest BCUT2D eigenvalue weighted by molar-refractivity contribution is 0.644. The number of nitrogens with zero attached hydrogens (tertiary/aromatic N) is 3. The smallest absolute Gasteiger partial charge is 0.134 e. The molecule has 2 aromatic rings. The molecule has 0 bridgehead atoms. The molecule has 1 aromatic heterocycles. The van der Waals surface area contributed by atoms with E-state index in [4.69, 9.17) is 5.73 Å². The molecule has 1 atom stereocenters. The zero-order valence-electron chi connectivity index (χ0n) is 13.7. The number of benzene rings is 1. The number of hydrogen-bond donors (Lipinski definition) is 1. The monoisotopic (exact) mass is 286 g/mol. The van der Waals surface area contributed by atoms with Crippen molar-refractivity contribution in [3.8, 4) is 0 Å². The fraction of sp³-hybridized carbons (Fsp3) is 0.471. The predicted molar refractivity (Wildman–Crippen MR) is 89.2 cm³/mol. The molecule has 0 aliphatic heterocycles. The SMILES string of the molecule is CCC(N)Cc1c(C)nn(C)c1N(C)c1ccc(C)cc1. The van der Waals surface area contributed by atoms with E-state index in [1.165, 1.54) is 11.1 Å². The zero-order valence-corrected chi connectivity index (χ0v) is 13.7. The first-order valence-electron chi connectivity index (χ1n) is 7.52. The van der Waals surface area contributed by atoms with Crippen LogP contribution in [0.3, 0.4) is 0 Å². The lowest BCUT2D eigenvalue weighted by atomic mass is 10.0. The van der Waals surface area contributed by atoms with Gasteiger partial charge >= 0.3 is 0 Å². The predicted octanol–water partition coefficient (Wildman–Crippen LogP) is 3.08. The maximum Gasteiger partial charge on any atom is 0.134 e. The second-order valence-electron chi connectivity index (χ2n) is 5.78. The second kappa shape index (κ2) is 6.31. The molecular weight excluding hydrogens is 260 g/mol. The molecule has 0 aliphatic carbocycles. The van der Waals surface area contributed by atoms with Gasteiger partial charge in [-0.05, 0) is 38.8 Å². The van der Waals surface area contributed by atoms with Gasteiger partial charge in [-0.2, -0.15) is 5.10 Å². The standard InChI is InChI=1S/C17H26N4/c1-6-14(18)11-16-13(3)19-21(5)17(16)20(4)15-9-7-12(2)8-10-15/h7-10,14H,6,11,18H2,1-5H3. The minimum atomic E-state index is 0.179.